The number of methoxy groups -OCH3 is 1. The quantitative estimate of drug-likeness (QED) is 0.846. The number of ether oxygens (including phenoxy) is 1. The lowest BCUT2D eigenvalue weighted by Crippen LogP contribution is -2.49. The van der Waals surface area contributed by atoms with E-state index in [0.717, 1.165) is 0 Å². The fraction of sp³-hybridized carbons (Fsp3) is 0.500. The molecule has 0 fully saturated rings. The third-order valence-corrected chi connectivity index (χ3v) is 3.34. The second kappa shape index (κ2) is 7.77. The van der Waals surface area contributed by atoms with Crippen LogP contribution in [-0.4, -0.2) is 25.0 Å². The molecule has 0 bridgehead atoms. The van der Waals surface area contributed by atoms with Crippen molar-refractivity contribution in [3.8, 4) is 5.75 Å². The first-order valence-corrected chi connectivity index (χ1v) is 7.17. The maximum atomic E-state index is 13.7. The summed E-state index contributed by atoms with van der Waals surface area (Å²) >= 11 is 0. The number of carbonyl (C=O) groups excluding carboxylic acids is 2. The van der Waals surface area contributed by atoms with Crippen molar-refractivity contribution in [2.45, 2.75) is 39.8 Å². The fourth-order valence-electron chi connectivity index (χ4n) is 2.09. The molecule has 0 aliphatic rings. The zero-order chi connectivity index (χ0) is 16.9. The largest absolute Gasteiger partial charge is 0.494 e. The lowest BCUT2D eigenvalue weighted by Gasteiger charge is -2.23. The Hall–Kier alpha value is -2.11. The average molecular weight is 310 g/mol. The lowest BCUT2D eigenvalue weighted by atomic mass is 10.0. The number of amides is 2. The summed E-state index contributed by atoms with van der Waals surface area (Å²) in [7, 11) is 1.39. The van der Waals surface area contributed by atoms with Crippen LogP contribution in [0.4, 0.5) is 4.39 Å². The molecule has 0 saturated carbocycles. The molecular formula is C16H23FN2O3. The first-order chi connectivity index (χ1) is 10.3. The van der Waals surface area contributed by atoms with Gasteiger partial charge in [0.05, 0.1) is 13.2 Å². The summed E-state index contributed by atoms with van der Waals surface area (Å²) in [5, 5.41) is 5.41. The van der Waals surface area contributed by atoms with Gasteiger partial charge in [0.25, 0.3) is 0 Å². The molecule has 0 heterocycles. The summed E-state index contributed by atoms with van der Waals surface area (Å²) in [6.45, 7) is 6.81. The van der Waals surface area contributed by atoms with Gasteiger partial charge in [-0.15, -0.1) is 0 Å². The van der Waals surface area contributed by atoms with Crippen molar-refractivity contribution in [3.05, 3.63) is 29.6 Å². The van der Waals surface area contributed by atoms with Crippen LogP contribution in [0.1, 0.15) is 39.3 Å². The number of nitrogens with one attached hydrogen (secondary N) is 2. The van der Waals surface area contributed by atoms with E-state index in [1.807, 2.05) is 13.8 Å². The highest BCUT2D eigenvalue weighted by Crippen LogP contribution is 2.21. The van der Waals surface area contributed by atoms with Crippen LogP contribution in [0.2, 0.25) is 0 Å². The summed E-state index contributed by atoms with van der Waals surface area (Å²) in [5.41, 5.74) is 0.622. The van der Waals surface area contributed by atoms with E-state index in [1.54, 1.807) is 13.0 Å². The Kier molecular flexibility index (Phi) is 6.34. The normalized spacial score (nSPS) is 13.4. The number of rotatable bonds is 6. The van der Waals surface area contributed by atoms with Crippen LogP contribution in [0.5, 0.6) is 5.75 Å². The Morgan fingerprint density at radius 3 is 2.27 bits per heavy atom. The van der Waals surface area contributed by atoms with Gasteiger partial charge in [-0.05, 0) is 30.5 Å². The molecule has 1 aromatic rings. The second-order valence-electron chi connectivity index (χ2n) is 5.55. The number of hydrogen-bond donors (Lipinski definition) is 2. The van der Waals surface area contributed by atoms with Gasteiger partial charge in [0.15, 0.2) is 11.6 Å². The number of hydrogen-bond acceptors (Lipinski definition) is 3. The Balaban J connectivity index is 2.81. The number of halogens is 1. The molecule has 0 aliphatic heterocycles. The van der Waals surface area contributed by atoms with Gasteiger partial charge in [-0.25, -0.2) is 4.39 Å². The van der Waals surface area contributed by atoms with Crippen LogP contribution < -0.4 is 15.4 Å². The molecule has 0 unspecified atom stereocenters. The van der Waals surface area contributed by atoms with Crippen molar-refractivity contribution in [2.75, 3.05) is 7.11 Å². The minimum absolute atomic E-state index is 0.0521. The van der Waals surface area contributed by atoms with Gasteiger partial charge in [0, 0.05) is 6.92 Å². The maximum Gasteiger partial charge on any atom is 0.243 e. The number of carbonyl (C=O) groups is 2. The van der Waals surface area contributed by atoms with Crippen LogP contribution in [0.15, 0.2) is 18.2 Å². The number of benzene rings is 1. The lowest BCUT2D eigenvalue weighted by molar-refractivity contribution is -0.129. The van der Waals surface area contributed by atoms with Gasteiger partial charge in [-0.3, -0.25) is 9.59 Å². The summed E-state index contributed by atoms with van der Waals surface area (Å²) in [4.78, 5) is 23.4. The first kappa shape index (κ1) is 17.9. The molecule has 0 aliphatic carbocycles. The molecule has 0 saturated heterocycles. The molecule has 1 aromatic carbocycles. The first-order valence-electron chi connectivity index (χ1n) is 7.17. The van der Waals surface area contributed by atoms with E-state index in [2.05, 4.69) is 10.6 Å². The summed E-state index contributed by atoms with van der Waals surface area (Å²) < 4.78 is 18.6. The SMILES string of the molecule is COc1ccc([C@@H](C)NC(=O)[C@H](NC(C)=O)C(C)C)cc1F. The molecule has 2 atom stereocenters. The van der Waals surface area contributed by atoms with Crippen LogP contribution >= 0.6 is 0 Å². The van der Waals surface area contributed by atoms with Gasteiger partial charge in [-0.1, -0.05) is 19.9 Å². The highest BCUT2D eigenvalue weighted by molar-refractivity contribution is 5.87. The Bertz CT molecular complexity index is 546. The highest BCUT2D eigenvalue weighted by atomic mass is 19.1. The van der Waals surface area contributed by atoms with E-state index >= 15 is 0 Å². The molecule has 0 spiro atoms. The van der Waals surface area contributed by atoms with Crippen molar-refractivity contribution in [1.82, 2.24) is 10.6 Å². The summed E-state index contributed by atoms with van der Waals surface area (Å²) in [6, 6.07) is 3.52. The second-order valence-corrected chi connectivity index (χ2v) is 5.55. The molecular weight excluding hydrogens is 287 g/mol. The Morgan fingerprint density at radius 1 is 1.18 bits per heavy atom. The van der Waals surface area contributed by atoms with E-state index in [0.29, 0.717) is 5.56 Å². The van der Waals surface area contributed by atoms with Crippen LogP contribution in [0.25, 0.3) is 0 Å². The fourth-order valence-corrected chi connectivity index (χ4v) is 2.09. The molecule has 0 radical (unpaired) electrons. The van der Waals surface area contributed by atoms with Gasteiger partial charge in [0.2, 0.25) is 11.8 Å². The van der Waals surface area contributed by atoms with Crippen molar-refractivity contribution >= 4 is 11.8 Å². The monoisotopic (exact) mass is 310 g/mol. The molecule has 1 rings (SSSR count). The standard InChI is InChI=1S/C16H23FN2O3/c1-9(2)15(19-11(4)20)16(21)18-10(3)12-6-7-14(22-5)13(17)8-12/h6-10,15H,1-5H3,(H,18,21)(H,19,20)/t10-,15-/m1/s1. The minimum Gasteiger partial charge on any atom is -0.494 e. The van der Waals surface area contributed by atoms with E-state index in [1.165, 1.54) is 26.2 Å². The summed E-state index contributed by atoms with van der Waals surface area (Å²) in [5.74, 6) is -0.946. The molecule has 22 heavy (non-hydrogen) atoms. The van der Waals surface area contributed by atoms with Crippen molar-refractivity contribution in [3.63, 3.8) is 0 Å². The summed E-state index contributed by atoms with van der Waals surface area (Å²) in [6.07, 6.45) is 0. The Labute approximate surface area is 130 Å². The molecule has 122 valence electrons. The van der Waals surface area contributed by atoms with Gasteiger partial charge in [0.1, 0.15) is 6.04 Å². The minimum atomic E-state index is -0.622. The van der Waals surface area contributed by atoms with E-state index in [9.17, 15) is 14.0 Å². The molecule has 2 N–H and O–H groups in total. The smallest absolute Gasteiger partial charge is 0.243 e. The zero-order valence-electron chi connectivity index (χ0n) is 13.6. The van der Waals surface area contributed by atoms with E-state index < -0.39 is 11.9 Å². The van der Waals surface area contributed by atoms with Crippen LogP contribution in [-0.2, 0) is 9.59 Å². The molecule has 2 amide bonds. The van der Waals surface area contributed by atoms with Crippen LogP contribution in [0, 0.1) is 11.7 Å². The predicted molar refractivity (Wildman–Crippen MR) is 82.0 cm³/mol. The predicted octanol–water partition coefficient (Wildman–Crippen LogP) is 2.17. The highest BCUT2D eigenvalue weighted by Gasteiger charge is 2.24. The topological polar surface area (TPSA) is 67.4 Å². The van der Waals surface area contributed by atoms with Gasteiger partial charge in [-0.2, -0.15) is 0 Å². The molecule has 0 aromatic heterocycles. The van der Waals surface area contributed by atoms with Gasteiger partial charge >= 0.3 is 0 Å². The zero-order valence-corrected chi connectivity index (χ0v) is 13.6. The van der Waals surface area contributed by atoms with Gasteiger partial charge < -0.3 is 15.4 Å². The Morgan fingerprint density at radius 2 is 1.82 bits per heavy atom. The van der Waals surface area contributed by atoms with Crippen molar-refractivity contribution in [2.24, 2.45) is 5.92 Å². The third kappa shape index (κ3) is 4.72. The van der Waals surface area contributed by atoms with E-state index in [-0.39, 0.29) is 29.5 Å². The van der Waals surface area contributed by atoms with Crippen molar-refractivity contribution in [1.29, 1.82) is 0 Å². The van der Waals surface area contributed by atoms with E-state index in [4.69, 9.17) is 4.74 Å². The van der Waals surface area contributed by atoms with Crippen LogP contribution in [0.3, 0.4) is 0 Å². The third-order valence-electron chi connectivity index (χ3n) is 3.34. The average Bonchev–Trinajstić information content (AvgIpc) is 2.43. The van der Waals surface area contributed by atoms with Crippen molar-refractivity contribution < 1.29 is 18.7 Å². The molecule has 6 heteroatoms. The maximum absolute atomic E-state index is 13.7. The molecule has 5 nitrogen and oxygen atoms in total.